The van der Waals surface area contributed by atoms with Crippen LogP contribution in [0.3, 0.4) is 0 Å². The van der Waals surface area contributed by atoms with Gasteiger partial charge >= 0.3 is 0 Å². The van der Waals surface area contributed by atoms with Crippen LogP contribution in [0, 0.1) is 30.4 Å². The van der Waals surface area contributed by atoms with Crippen LogP contribution in [0.4, 0.5) is 8.78 Å². The molecule has 0 heterocycles. The van der Waals surface area contributed by atoms with Gasteiger partial charge in [0.05, 0.1) is 12.7 Å². The van der Waals surface area contributed by atoms with Crippen LogP contribution in [0.1, 0.15) is 62.5 Å². The maximum Gasteiger partial charge on any atom is 0.164 e. The van der Waals surface area contributed by atoms with E-state index in [9.17, 15) is 8.78 Å². The van der Waals surface area contributed by atoms with Crippen LogP contribution in [0.25, 0.3) is 0 Å². The number of hydrogen-bond donors (Lipinski definition) is 0. The van der Waals surface area contributed by atoms with Crippen molar-refractivity contribution in [3.05, 3.63) is 34.9 Å². The zero-order chi connectivity index (χ0) is 17.1. The molecule has 0 spiro atoms. The number of benzene rings is 1. The Kier molecular flexibility index (Phi) is 6.52. The van der Waals surface area contributed by atoms with Crippen LogP contribution >= 0.6 is 22.6 Å². The third-order valence-corrected chi connectivity index (χ3v) is 7.16. The fourth-order valence-corrected chi connectivity index (χ4v) is 5.00. The molecular formula is C20H27F2IO. The van der Waals surface area contributed by atoms with Crippen molar-refractivity contribution in [2.45, 2.75) is 74.9 Å². The van der Waals surface area contributed by atoms with Crippen molar-refractivity contribution in [3.8, 4) is 0 Å². The van der Waals surface area contributed by atoms with Gasteiger partial charge in [-0.25, -0.2) is 8.78 Å². The first kappa shape index (κ1) is 18.6. The van der Waals surface area contributed by atoms with Crippen LogP contribution < -0.4 is 0 Å². The molecule has 0 unspecified atom stereocenters. The number of alkyl halides is 1. The molecule has 0 atom stereocenters. The molecule has 3 rings (SSSR count). The summed E-state index contributed by atoms with van der Waals surface area (Å²) in [6.45, 7) is 1.76. The van der Waals surface area contributed by atoms with Crippen LogP contribution in [0.2, 0.25) is 0 Å². The summed E-state index contributed by atoms with van der Waals surface area (Å²) in [7, 11) is 0. The highest BCUT2D eigenvalue weighted by Gasteiger charge is 2.30. The highest BCUT2D eigenvalue weighted by atomic mass is 127. The first-order valence-corrected chi connectivity index (χ1v) is 10.5. The number of ether oxygens (including phenoxy) is 1. The van der Waals surface area contributed by atoms with Crippen LogP contribution in [-0.2, 0) is 11.3 Å². The molecule has 1 aromatic carbocycles. The van der Waals surface area contributed by atoms with Crippen LogP contribution in [-0.4, -0.2) is 10.0 Å². The largest absolute Gasteiger partial charge is 0.373 e. The molecule has 2 fully saturated rings. The standard InChI is InChI=1S/C20H27F2IO/c1-13-2-3-16(20(22)19(13)21)12-24-18-10-6-15(7-11-18)14-4-8-17(23)9-5-14/h2-3,14-15,17-18H,4-12H2,1H3. The van der Waals surface area contributed by atoms with Gasteiger partial charge in [0.1, 0.15) is 0 Å². The summed E-state index contributed by atoms with van der Waals surface area (Å²) in [5, 5.41) is 0. The van der Waals surface area contributed by atoms with Crippen molar-refractivity contribution < 1.29 is 13.5 Å². The van der Waals surface area contributed by atoms with Gasteiger partial charge < -0.3 is 4.74 Å². The molecule has 2 aliphatic carbocycles. The lowest BCUT2D eigenvalue weighted by Crippen LogP contribution is -2.28. The normalized spacial score (nSPS) is 31.2. The van der Waals surface area contributed by atoms with Gasteiger partial charge in [-0.1, -0.05) is 34.7 Å². The first-order chi connectivity index (χ1) is 11.5. The van der Waals surface area contributed by atoms with E-state index in [1.165, 1.54) is 38.5 Å². The fraction of sp³-hybridized carbons (Fsp3) is 0.700. The highest BCUT2D eigenvalue weighted by molar-refractivity contribution is 14.1. The number of halogens is 3. The number of aryl methyl sites for hydroxylation is 1. The van der Waals surface area contributed by atoms with Crippen LogP contribution in [0.5, 0.6) is 0 Å². The van der Waals surface area contributed by atoms with E-state index in [4.69, 9.17) is 4.74 Å². The molecule has 1 aromatic rings. The van der Waals surface area contributed by atoms with Gasteiger partial charge in [0, 0.05) is 9.49 Å². The molecular weight excluding hydrogens is 421 g/mol. The SMILES string of the molecule is Cc1ccc(COC2CCC(C3CCC(I)CC3)CC2)c(F)c1F. The third kappa shape index (κ3) is 4.48. The predicted octanol–water partition coefficient (Wildman–Crippen LogP) is 6.34. The molecule has 0 aliphatic heterocycles. The molecule has 0 N–H and O–H groups in total. The van der Waals surface area contributed by atoms with Crippen LogP contribution in [0.15, 0.2) is 12.1 Å². The van der Waals surface area contributed by atoms with Gasteiger partial charge in [-0.05, 0) is 75.7 Å². The van der Waals surface area contributed by atoms with E-state index in [-0.39, 0.29) is 12.7 Å². The molecule has 0 amide bonds. The molecule has 0 bridgehead atoms. The van der Waals surface area contributed by atoms with Gasteiger partial charge in [-0.2, -0.15) is 0 Å². The monoisotopic (exact) mass is 448 g/mol. The molecule has 4 heteroatoms. The Morgan fingerprint density at radius 1 is 0.917 bits per heavy atom. The lowest BCUT2D eigenvalue weighted by Gasteiger charge is -2.36. The maximum atomic E-state index is 13.9. The van der Waals surface area contributed by atoms with E-state index in [2.05, 4.69) is 22.6 Å². The summed E-state index contributed by atoms with van der Waals surface area (Å²) in [5.41, 5.74) is 0.679. The Balaban J connectivity index is 1.45. The molecule has 2 aliphatic rings. The van der Waals surface area contributed by atoms with Gasteiger partial charge in [0.2, 0.25) is 0 Å². The van der Waals surface area contributed by atoms with Gasteiger partial charge in [0.25, 0.3) is 0 Å². The summed E-state index contributed by atoms with van der Waals surface area (Å²) in [5.74, 6) is 0.257. The summed E-state index contributed by atoms with van der Waals surface area (Å²) in [6.07, 6.45) is 10.3. The molecule has 1 nitrogen and oxygen atoms in total. The number of hydrogen-bond acceptors (Lipinski definition) is 1. The Bertz CT molecular complexity index is 547. The zero-order valence-corrected chi connectivity index (χ0v) is 16.5. The molecule has 2 saturated carbocycles. The molecule has 134 valence electrons. The van der Waals surface area contributed by atoms with Crippen molar-refractivity contribution in [2.75, 3.05) is 0 Å². The Morgan fingerprint density at radius 3 is 2.12 bits per heavy atom. The van der Waals surface area contributed by atoms with Gasteiger partial charge in [-0.15, -0.1) is 0 Å². The van der Waals surface area contributed by atoms with Gasteiger partial charge in [0.15, 0.2) is 11.6 Å². The van der Waals surface area contributed by atoms with E-state index in [1.54, 1.807) is 19.1 Å². The Morgan fingerprint density at radius 2 is 1.50 bits per heavy atom. The van der Waals surface area contributed by atoms with E-state index >= 15 is 0 Å². The van der Waals surface area contributed by atoms with E-state index in [0.717, 1.165) is 28.6 Å². The third-order valence-electron chi connectivity index (χ3n) is 5.92. The molecule has 0 aromatic heterocycles. The average molecular weight is 448 g/mol. The van der Waals surface area contributed by atoms with E-state index in [1.807, 2.05) is 0 Å². The summed E-state index contributed by atoms with van der Waals surface area (Å²) in [6, 6.07) is 3.26. The highest BCUT2D eigenvalue weighted by Crippen LogP contribution is 2.40. The lowest BCUT2D eigenvalue weighted by molar-refractivity contribution is -0.00265. The van der Waals surface area contributed by atoms with Crippen molar-refractivity contribution in [2.24, 2.45) is 11.8 Å². The zero-order valence-electron chi connectivity index (χ0n) is 14.4. The van der Waals surface area contributed by atoms with Crippen molar-refractivity contribution in [1.82, 2.24) is 0 Å². The number of rotatable bonds is 4. The average Bonchev–Trinajstić information content (AvgIpc) is 2.60. The quantitative estimate of drug-likeness (QED) is 0.386. The summed E-state index contributed by atoms with van der Waals surface area (Å²) in [4.78, 5) is 0. The minimum absolute atomic E-state index is 0.179. The van der Waals surface area contributed by atoms with Crippen molar-refractivity contribution in [1.29, 1.82) is 0 Å². The molecule has 24 heavy (non-hydrogen) atoms. The van der Waals surface area contributed by atoms with Gasteiger partial charge in [-0.3, -0.25) is 0 Å². The Labute approximate surface area is 157 Å². The molecule has 0 radical (unpaired) electrons. The summed E-state index contributed by atoms with van der Waals surface area (Å²) < 4.78 is 34.3. The molecule has 0 saturated heterocycles. The minimum atomic E-state index is -0.751. The second kappa shape index (κ2) is 8.43. The van der Waals surface area contributed by atoms with E-state index in [0.29, 0.717) is 11.1 Å². The van der Waals surface area contributed by atoms with E-state index < -0.39 is 11.6 Å². The fourth-order valence-electron chi connectivity index (χ4n) is 4.28. The second-order valence-electron chi connectivity index (χ2n) is 7.53. The van der Waals surface area contributed by atoms with Crippen molar-refractivity contribution >= 4 is 22.6 Å². The minimum Gasteiger partial charge on any atom is -0.373 e. The Hall–Kier alpha value is -0.230. The predicted molar refractivity (Wildman–Crippen MR) is 101 cm³/mol. The van der Waals surface area contributed by atoms with Crippen molar-refractivity contribution in [3.63, 3.8) is 0 Å². The smallest absolute Gasteiger partial charge is 0.164 e. The first-order valence-electron chi connectivity index (χ1n) is 9.23. The lowest BCUT2D eigenvalue weighted by atomic mass is 9.73. The summed E-state index contributed by atoms with van der Waals surface area (Å²) >= 11 is 2.59. The maximum absolute atomic E-state index is 13.9. The second-order valence-corrected chi connectivity index (χ2v) is 9.29. The topological polar surface area (TPSA) is 9.23 Å².